The van der Waals surface area contributed by atoms with Crippen molar-refractivity contribution in [1.29, 1.82) is 0 Å². The zero-order valence-electron chi connectivity index (χ0n) is 11.1. The maximum Gasteiger partial charge on any atom is 0.125 e. The number of hydrogen-bond acceptors (Lipinski definition) is 2. The topological polar surface area (TPSA) is 21.3 Å². The van der Waals surface area contributed by atoms with E-state index in [0.717, 1.165) is 21.3 Å². The van der Waals surface area contributed by atoms with Gasteiger partial charge in [-0.2, -0.15) is 0 Å². The fourth-order valence-electron chi connectivity index (χ4n) is 2.14. The summed E-state index contributed by atoms with van der Waals surface area (Å²) in [5.41, 5.74) is 1.97. The predicted molar refractivity (Wildman–Crippen MR) is 88.1 cm³/mol. The van der Waals surface area contributed by atoms with Crippen LogP contribution < -0.4 is 10.1 Å². The fraction of sp³-hybridized carbons (Fsp3) is 0.200. The first-order valence-corrected chi connectivity index (χ1v) is 7.57. The van der Waals surface area contributed by atoms with Gasteiger partial charge in [0.1, 0.15) is 5.75 Å². The van der Waals surface area contributed by atoms with E-state index in [1.54, 1.807) is 13.2 Å². The normalized spacial score (nSPS) is 12.2. The lowest BCUT2D eigenvalue weighted by atomic mass is 9.98. The monoisotopic (exact) mass is 373 g/mol. The average Bonchev–Trinajstić information content (AvgIpc) is 2.43. The molecular formula is C15H14BrCl2NO. The zero-order valence-corrected chi connectivity index (χ0v) is 14.2. The maximum atomic E-state index is 6.31. The Morgan fingerprint density at radius 2 is 1.80 bits per heavy atom. The molecule has 0 bridgehead atoms. The van der Waals surface area contributed by atoms with Crippen molar-refractivity contribution < 1.29 is 4.74 Å². The van der Waals surface area contributed by atoms with Crippen LogP contribution in [0.25, 0.3) is 0 Å². The molecule has 2 aromatic rings. The highest BCUT2D eigenvalue weighted by Crippen LogP contribution is 2.35. The van der Waals surface area contributed by atoms with Crippen LogP contribution in [0.3, 0.4) is 0 Å². The Labute approximate surface area is 137 Å². The molecule has 0 aliphatic heterocycles. The number of halogens is 3. The van der Waals surface area contributed by atoms with Crippen molar-refractivity contribution in [1.82, 2.24) is 5.32 Å². The van der Waals surface area contributed by atoms with Crippen LogP contribution in [-0.2, 0) is 0 Å². The fourth-order valence-corrected chi connectivity index (χ4v) is 3.00. The van der Waals surface area contributed by atoms with E-state index in [1.807, 2.05) is 37.4 Å². The minimum absolute atomic E-state index is 0.0668. The summed E-state index contributed by atoms with van der Waals surface area (Å²) in [6, 6.07) is 11.4. The predicted octanol–water partition coefficient (Wildman–Crippen LogP) is 5.07. The molecule has 0 aliphatic carbocycles. The second-order valence-electron chi connectivity index (χ2n) is 4.27. The first kappa shape index (κ1) is 15.6. The molecule has 1 unspecified atom stereocenters. The van der Waals surface area contributed by atoms with Gasteiger partial charge < -0.3 is 10.1 Å². The SMILES string of the molecule is CNC(c1ccc(Cl)cc1Cl)c1ccc(Br)cc1OC. The summed E-state index contributed by atoms with van der Waals surface area (Å²) in [7, 11) is 3.54. The van der Waals surface area contributed by atoms with Crippen LogP contribution in [0.5, 0.6) is 5.75 Å². The molecule has 0 aliphatic rings. The number of ether oxygens (including phenoxy) is 1. The number of nitrogens with one attached hydrogen (secondary N) is 1. The number of hydrogen-bond donors (Lipinski definition) is 1. The molecule has 0 aromatic heterocycles. The molecule has 0 saturated heterocycles. The van der Waals surface area contributed by atoms with Crippen LogP contribution in [-0.4, -0.2) is 14.2 Å². The molecular weight excluding hydrogens is 361 g/mol. The number of methoxy groups -OCH3 is 1. The van der Waals surface area contributed by atoms with E-state index < -0.39 is 0 Å². The minimum atomic E-state index is -0.0668. The Morgan fingerprint density at radius 1 is 1.10 bits per heavy atom. The van der Waals surface area contributed by atoms with E-state index in [2.05, 4.69) is 21.2 Å². The molecule has 2 rings (SSSR count). The van der Waals surface area contributed by atoms with Crippen LogP contribution in [0.2, 0.25) is 10.0 Å². The summed E-state index contributed by atoms with van der Waals surface area (Å²) in [6.07, 6.45) is 0. The standard InChI is InChI=1S/C15H14BrCl2NO/c1-19-15(11-6-4-10(17)8-13(11)18)12-5-3-9(16)7-14(12)20-2/h3-8,15,19H,1-2H3. The van der Waals surface area contributed by atoms with Crippen LogP contribution in [0.4, 0.5) is 0 Å². The van der Waals surface area contributed by atoms with Gasteiger partial charge in [0.2, 0.25) is 0 Å². The van der Waals surface area contributed by atoms with Crippen molar-refractivity contribution in [2.75, 3.05) is 14.2 Å². The van der Waals surface area contributed by atoms with Gasteiger partial charge in [-0.25, -0.2) is 0 Å². The Kier molecular flexibility index (Phi) is 5.33. The molecule has 2 nitrogen and oxygen atoms in total. The lowest BCUT2D eigenvalue weighted by molar-refractivity contribution is 0.405. The van der Waals surface area contributed by atoms with Crippen LogP contribution in [0.1, 0.15) is 17.2 Å². The third-order valence-corrected chi connectivity index (χ3v) is 4.12. The lowest BCUT2D eigenvalue weighted by Crippen LogP contribution is -2.18. The summed E-state index contributed by atoms with van der Waals surface area (Å²) < 4.78 is 6.42. The van der Waals surface area contributed by atoms with Gasteiger partial charge in [0.25, 0.3) is 0 Å². The largest absolute Gasteiger partial charge is 0.496 e. The third-order valence-electron chi connectivity index (χ3n) is 3.07. The van der Waals surface area contributed by atoms with Crippen molar-refractivity contribution >= 4 is 39.1 Å². The summed E-state index contributed by atoms with van der Waals surface area (Å²) in [5.74, 6) is 0.796. The van der Waals surface area contributed by atoms with E-state index >= 15 is 0 Å². The van der Waals surface area contributed by atoms with E-state index in [0.29, 0.717) is 10.0 Å². The van der Waals surface area contributed by atoms with E-state index in [4.69, 9.17) is 27.9 Å². The number of benzene rings is 2. The van der Waals surface area contributed by atoms with Gasteiger partial charge in [0.05, 0.1) is 13.2 Å². The highest BCUT2D eigenvalue weighted by atomic mass is 79.9. The smallest absolute Gasteiger partial charge is 0.125 e. The van der Waals surface area contributed by atoms with Crippen LogP contribution >= 0.6 is 39.1 Å². The molecule has 0 heterocycles. The van der Waals surface area contributed by atoms with Gasteiger partial charge in [-0.1, -0.05) is 51.3 Å². The van der Waals surface area contributed by atoms with Gasteiger partial charge in [-0.05, 0) is 36.9 Å². The lowest BCUT2D eigenvalue weighted by Gasteiger charge is -2.21. The van der Waals surface area contributed by atoms with Crippen molar-refractivity contribution in [3.05, 3.63) is 62.0 Å². The molecule has 0 fully saturated rings. The highest BCUT2D eigenvalue weighted by molar-refractivity contribution is 9.10. The summed E-state index contributed by atoms with van der Waals surface area (Å²) in [6.45, 7) is 0. The minimum Gasteiger partial charge on any atom is -0.496 e. The third kappa shape index (κ3) is 3.29. The van der Waals surface area contributed by atoms with Crippen molar-refractivity contribution in [3.63, 3.8) is 0 Å². The molecule has 0 spiro atoms. The molecule has 0 saturated carbocycles. The summed E-state index contributed by atoms with van der Waals surface area (Å²) in [5, 5.41) is 4.51. The first-order valence-electron chi connectivity index (χ1n) is 6.02. The molecule has 20 heavy (non-hydrogen) atoms. The molecule has 5 heteroatoms. The summed E-state index contributed by atoms with van der Waals surface area (Å²) >= 11 is 15.7. The first-order chi connectivity index (χ1) is 9.56. The number of rotatable bonds is 4. The molecule has 0 radical (unpaired) electrons. The van der Waals surface area contributed by atoms with Gasteiger partial charge in [-0.15, -0.1) is 0 Å². The molecule has 0 amide bonds. The Hall–Kier alpha value is -0.740. The van der Waals surface area contributed by atoms with Gasteiger partial charge in [0, 0.05) is 20.1 Å². The Balaban J connectivity index is 2.52. The van der Waals surface area contributed by atoms with E-state index in [9.17, 15) is 0 Å². The average molecular weight is 375 g/mol. The molecule has 1 atom stereocenters. The van der Waals surface area contributed by atoms with Gasteiger partial charge in [0.15, 0.2) is 0 Å². The second kappa shape index (κ2) is 6.81. The van der Waals surface area contributed by atoms with Crippen LogP contribution in [0.15, 0.2) is 40.9 Å². The maximum absolute atomic E-state index is 6.31. The van der Waals surface area contributed by atoms with Gasteiger partial charge in [-0.3, -0.25) is 0 Å². The Bertz CT molecular complexity index is 619. The summed E-state index contributed by atoms with van der Waals surface area (Å²) in [4.78, 5) is 0. The Morgan fingerprint density at radius 3 is 2.40 bits per heavy atom. The zero-order chi connectivity index (χ0) is 14.7. The van der Waals surface area contributed by atoms with Crippen molar-refractivity contribution in [2.24, 2.45) is 0 Å². The van der Waals surface area contributed by atoms with Gasteiger partial charge >= 0.3 is 0 Å². The van der Waals surface area contributed by atoms with E-state index in [-0.39, 0.29) is 6.04 Å². The quantitative estimate of drug-likeness (QED) is 0.806. The van der Waals surface area contributed by atoms with Crippen LogP contribution in [0, 0.1) is 0 Å². The van der Waals surface area contributed by atoms with E-state index in [1.165, 1.54) is 0 Å². The van der Waals surface area contributed by atoms with Crippen molar-refractivity contribution in [3.8, 4) is 5.75 Å². The molecule has 2 aromatic carbocycles. The van der Waals surface area contributed by atoms with Crippen molar-refractivity contribution in [2.45, 2.75) is 6.04 Å². The highest BCUT2D eigenvalue weighted by Gasteiger charge is 2.19. The molecule has 1 N–H and O–H groups in total. The molecule has 106 valence electrons. The second-order valence-corrected chi connectivity index (χ2v) is 6.03.